The van der Waals surface area contributed by atoms with E-state index in [1.54, 1.807) is 18.6 Å². The minimum atomic E-state index is 0.676. The standard InChI is InChI=1S/C11H8BrN5/c12-8-3-7(4-9(13)5-8)11-16-15-10-1-2-14-6-17(10)11/h1-6H,13H2. The third kappa shape index (κ3) is 1.76. The zero-order valence-electron chi connectivity index (χ0n) is 8.71. The highest BCUT2D eigenvalue weighted by molar-refractivity contribution is 9.10. The Morgan fingerprint density at radius 1 is 1.18 bits per heavy atom. The molecule has 0 radical (unpaired) electrons. The van der Waals surface area contributed by atoms with Crippen LogP contribution in [-0.2, 0) is 0 Å². The SMILES string of the molecule is Nc1cc(Br)cc(-c2nnc3ccncn23)c1. The monoisotopic (exact) mass is 289 g/mol. The number of hydrogen-bond acceptors (Lipinski definition) is 4. The smallest absolute Gasteiger partial charge is 0.169 e. The highest BCUT2D eigenvalue weighted by Crippen LogP contribution is 2.25. The van der Waals surface area contributed by atoms with Gasteiger partial charge in [0.2, 0.25) is 0 Å². The van der Waals surface area contributed by atoms with Gasteiger partial charge in [0, 0.05) is 28.0 Å². The summed E-state index contributed by atoms with van der Waals surface area (Å²) >= 11 is 3.41. The van der Waals surface area contributed by atoms with E-state index in [1.165, 1.54) is 0 Å². The Kier molecular flexibility index (Phi) is 2.29. The van der Waals surface area contributed by atoms with E-state index in [2.05, 4.69) is 31.1 Å². The maximum Gasteiger partial charge on any atom is 0.169 e. The van der Waals surface area contributed by atoms with Crippen molar-refractivity contribution in [3.05, 3.63) is 41.3 Å². The van der Waals surface area contributed by atoms with Crippen LogP contribution in [0.4, 0.5) is 5.69 Å². The molecule has 0 spiro atoms. The molecule has 2 heterocycles. The van der Waals surface area contributed by atoms with Crippen LogP contribution in [0.1, 0.15) is 0 Å². The number of rotatable bonds is 1. The van der Waals surface area contributed by atoms with Crippen molar-refractivity contribution in [2.75, 3.05) is 5.73 Å². The zero-order chi connectivity index (χ0) is 11.8. The molecule has 0 saturated carbocycles. The van der Waals surface area contributed by atoms with Crippen molar-refractivity contribution in [3.63, 3.8) is 0 Å². The molecule has 3 aromatic rings. The lowest BCUT2D eigenvalue weighted by Crippen LogP contribution is -1.92. The lowest BCUT2D eigenvalue weighted by molar-refractivity contribution is 1.08. The van der Waals surface area contributed by atoms with Crippen molar-refractivity contribution in [1.29, 1.82) is 0 Å². The van der Waals surface area contributed by atoms with Crippen molar-refractivity contribution >= 4 is 27.3 Å². The van der Waals surface area contributed by atoms with E-state index >= 15 is 0 Å². The molecule has 17 heavy (non-hydrogen) atoms. The third-order valence-corrected chi connectivity index (χ3v) is 2.85. The third-order valence-electron chi connectivity index (χ3n) is 2.39. The summed E-state index contributed by atoms with van der Waals surface area (Å²) in [6.45, 7) is 0. The fourth-order valence-electron chi connectivity index (χ4n) is 1.68. The number of fused-ring (bicyclic) bond motifs is 1. The number of halogens is 1. The molecule has 2 N–H and O–H groups in total. The minimum absolute atomic E-state index is 0.676. The Balaban J connectivity index is 2.27. The van der Waals surface area contributed by atoms with Crippen LogP contribution >= 0.6 is 15.9 Å². The maximum atomic E-state index is 5.81. The van der Waals surface area contributed by atoms with Crippen molar-refractivity contribution < 1.29 is 0 Å². The summed E-state index contributed by atoms with van der Waals surface area (Å²) in [5.41, 5.74) is 8.14. The van der Waals surface area contributed by atoms with Crippen LogP contribution in [0.2, 0.25) is 0 Å². The summed E-state index contributed by atoms with van der Waals surface area (Å²) in [7, 11) is 0. The van der Waals surface area contributed by atoms with Gasteiger partial charge in [-0.3, -0.25) is 4.40 Å². The van der Waals surface area contributed by atoms with E-state index in [4.69, 9.17) is 5.73 Å². The van der Waals surface area contributed by atoms with Crippen LogP contribution in [0.15, 0.2) is 41.3 Å². The van der Waals surface area contributed by atoms with Crippen molar-refractivity contribution in [3.8, 4) is 11.4 Å². The molecule has 0 amide bonds. The quantitative estimate of drug-likeness (QED) is 0.697. The van der Waals surface area contributed by atoms with Gasteiger partial charge < -0.3 is 5.73 Å². The Morgan fingerprint density at radius 3 is 2.88 bits per heavy atom. The molecular weight excluding hydrogens is 282 g/mol. The topological polar surface area (TPSA) is 69.1 Å². The molecule has 3 rings (SSSR count). The number of nitrogen functional groups attached to an aromatic ring is 1. The summed E-state index contributed by atoms with van der Waals surface area (Å²) in [5.74, 6) is 0.723. The first-order chi connectivity index (χ1) is 8.24. The van der Waals surface area contributed by atoms with Crippen molar-refractivity contribution in [2.24, 2.45) is 0 Å². The Hall–Kier alpha value is -1.95. The predicted molar refractivity (Wildman–Crippen MR) is 68.3 cm³/mol. The molecule has 0 fully saturated rings. The minimum Gasteiger partial charge on any atom is -0.399 e. The summed E-state index contributed by atoms with van der Waals surface area (Å²) in [6, 6.07) is 7.44. The molecule has 0 atom stereocenters. The summed E-state index contributed by atoms with van der Waals surface area (Å²) in [4.78, 5) is 4.06. The molecule has 6 heteroatoms. The fraction of sp³-hybridized carbons (Fsp3) is 0. The molecule has 0 unspecified atom stereocenters. The number of hydrogen-bond donors (Lipinski definition) is 1. The molecule has 84 valence electrons. The van der Waals surface area contributed by atoms with E-state index in [-0.39, 0.29) is 0 Å². The molecule has 0 saturated heterocycles. The molecule has 5 nitrogen and oxygen atoms in total. The second-order valence-electron chi connectivity index (χ2n) is 3.61. The fourth-order valence-corrected chi connectivity index (χ4v) is 2.19. The van der Waals surface area contributed by atoms with Gasteiger partial charge in [-0.2, -0.15) is 0 Å². The largest absolute Gasteiger partial charge is 0.399 e. The van der Waals surface area contributed by atoms with E-state index in [1.807, 2.05) is 22.6 Å². The van der Waals surface area contributed by atoms with E-state index in [9.17, 15) is 0 Å². The number of aromatic nitrogens is 4. The van der Waals surface area contributed by atoms with Crippen LogP contribution < -0.4 is 5.73 Å². The Morgan fingerprint density at radius 2 is 2.06 bits per heavy atom. The van der Waals surface area contributed by atoms with Gasteiger partial charge in [-0.05, 0) is 18.2 Å². The van der Waals surface area contributed by atoms with E-state index < -0.39 is 0 Å². The number of anilines is 1. The number of nitrogens with two attached hydrogens (primary N) is 1. The van der Waals surface area contributed by atoms with Crippen molar-refractivity contribution in [2.45, 2.75) is 0 Å². The molecule has 0 aliphatic rings. The number of benzene rings is 1. The lowest BCUT2D eigenvalue weighted by atomic mass is 10.2. The zero-order valence-corrected chi connectivity index (χ0v) is 10.3. The highest BCUT2D eigenvalue weighted by Gasteiger charge is 2.08. The Labute approximate surface area is 105 Å². The molecule has 2 aromatic heterocycles. The first-order valence-corrected chi connectivity index (χ1v) is 5.74. The van der Waals surface area contributed by atoms with Crippen LogP contribution in [0.3, 0.4) is 0 Å². The average Bonchev–Trinajstić information content (AvgIpc) is 2.71. The summed E-state index contributed by atoms with van der Waals surface area (Å²) in [6.07, 6.45) is 3.37. The van der Waals surface area contributed by atoms with Crippen LogP contribution in [0.25, 0.3) is 17.0 Å². The van der Waals surface area contributed by atoms with Gasteiger partial charge in [0.05, 0.1) is 0 Å². The first kappa shape index (κ1) is 10.2. The van der Waals surface area contributed by atoms with Crippen LogP contribution in [0, 0.1) is 0 Å². The second-order valence-corrected chi connectivity index (χ2v) is 4.52. The van der Waals surface area contributed by atoms with E-state index in [0.717, 1.165) is 21.5 Å². The van der Waals surface area contributed by atoms with Crippen molar-refractivity contribution in [1.82, 2.24) is 19.6 Å². The van der Waals surface area contributed by atoms with Gasteiger partial charge in [0.1, 0.15) is 6.33 Å². The second kappa shape index (κ2) is 3.81. The van der Waals surface area contributed by atoms with Gasteiger partial charge in [-0.1, -0.05) is 15.9 Å². The molecule has 0 aliphatic heterocycles. The number of nitrogens with zero attached hydrogens (tertiary/aromatic N) is 4. The first-order valence-electron chi connectivity index (χ1n) is 4.95. The molecular formula is C11H8BrN5. The molecule has 0 bridgehead atoms. The van der Waals surface area contributed by atoms with Gasteiger partial charge in [-0.15, -0.1) is 10.2 Å². The predicted octanol–water partition coefficient (Wildman–Crippen LogP) is 2.14. The molecule has 0 aliphatic carbocycles. The van der Waals surface area contributed by atoms with E-state index in [0.29, 0.717) is 5.69 Å². The van der Waals surface area contributed by atoms with Gasteiger partial charge >= 0.3 is 0 Å². The van der Waals surface area contributed by atoms with Gasteiger partial charge in [0.25, 0.3) is 0 Å². The lowest BCUT2D eigenvalue weighted by Gasteiger charge is -2.02. The Bertz CT molecular complexity index is 671. The van der Waals surface area contributed by atoms with Gasteiger partial charge in [0.15, 0.2) is 11.5 Å². The summed E-state index contributed by atoms with van der Waals surface area (Å²) in [5, 5.41) is 8.22. The molecule has 1 aromatic carbocycles. The highest BCUT2D eigenvalue weighted by atomic mass is 79.9. The summed E-state index contributed by atoms with van der Waals surface area (Å²) < 4.78 is 2.73. The normalized spacial score (nSPS) is 10.9. The van der Waals surface area contributed by atoms with Crippen LogP contribution in [0.5, 0.6) is 0 Å². The van der Waals surface area contributed by atoms with Crippen LogP contribution in [-0.4, -0.2) is 19.6 Å². The van der Waals surface area contributed by atoms with Gasteiger partial charge in [-0.25, -0.2) is 4.98 Å². The average molecular weight is 290 g/mol. The maximum absolute atomic E-state index is 5.81.